The highest BCUT2D eigenvalue weighted by Gasteiger charge is 2.54. The third kappa shape index (κ3) is 7.91. The molecule has 1 saturated carbocycles. The van der Waals surface area contributed by atoms with E-state index in [1.54, 1.807) is 0 Å². The van der Waals surface area contributed by atoms with Gasteiger partial charge in [0.1, 0.15) is 11.3 Å². The summed E-state index contributed by atoms with van der Waals surface area (Å²) >= 11 is 6.33. The van der Waals surface area contributed by atoms with Crippen molar-refractivity contribution < 1.29 is 28.8 Å². The second-order valence-electron chi connectivity index (χ2n) is 17.4. The minimum atomic E-state index is -1.08. The fourth-order valence-electron chi connectivity index (χ4n) is 10.6. The Kier molecular flexibility index (Phi) is 11.3. The van der Waals surface area contributed by atoms with E-state index in [1.807, 2.05) is 43.6 Å². The van der Waals surface area contributed by atoms with Crippen molar-refractivity contribution in [2.75, 3.05) is 51.9 Å². The summed E-state index contributed by atoms with van der Waals surface area (Å²) in [6, 6.07) is 13.9. The van der Waals surface area contributed by atoms with Gasteiger partial charge in [-0.25, -0.2) is 4.79 Å². The number of nitrogens with one attached hydrogen (secondary N) is 1. The average Bonchev–Trinajstić information content (AvgIpc) is 3.31. The van der Waals surface area contributed by atoms with E-state index < -0.39 is 11.5 Å². The second kappa shape index (κ2) is 16.1. The number of carbonyl (C=O) groups is 1. The van der Waals surface area contributed by atoms with Crippen molar-refractivity contribution in [2.24, 2.45) is 17.8 Å². The molecule has 0 radical (unpaired) electrons. The van der Waals surface area contributed by atoms with Gasteiger partial charge in [-0.3, -0.25) is 4.98 Å². The topological polar surface area (TPSA) is 102 Å². The maximum absolute atomic E-state index is 13.1. The minimum Gasteiger partial charge on any atom is -0.493 e. The molecular formula is C45H58ClN3O6. The van der Waals surface area contributed by atoms with Crippen LogP contribution in [0.2, 0.25) is 5.02 Å². The number of methoxy groups -OCH3 is 1. The normalized spacial score (nSPS) is 29.5. The molecule has 2 unspecified atom stereocenters. The molecule has 10 heteroatoms. The van der Waals surface area contributed by atoms with Crippen molar-refractivity contribution in [2.45, 2.75) is 107 Å². The van der Waals surface area contributed by atoms with E-state index in [4.69, 9.17) is 30.5 Å². The Balaban J connectivity index is 1.03. The zero-order valence-corrected chi connectivity index (χ0v) is 33.5. The molecule has 1 aromatic heterocycles. The number of aryl methyl sites for hydroxylation is 1. The van der Waals surface area contributed by atoms with Gasteiger partial charge in [-0.05, 0) is 148 Å². The number of pyridine rings is 1. The van der Waals surface area contributed by atoms with E-state index in [-0.39, 0.29) is 11.3 Å². The van der Waals surface area contributed by atoms with Crippen LogP contribution in [0.25, 0.3) is 0 Å². The number of benzene rings is 2. The molecule has 2 N–H and O–H groups in total. The van der Waals surface area contributed by atoms with Crippen LogP contribution in [-0.2, 0) is 27.8 Å². The largest absolute Gasteiger partial charge is 0.493 e. The number of aliphatic carboxylic acids is 1. The summed E-state index contributed by atoms with van der Waals surface area (Å²) in [5.74, 6) is 3.16. The summed E-state index contributed by atoms with van der Waals surface area (Å²) < 4.78 is 25.5. The lowest BCUT2D eigenvalue weighted by Gasteiger charge is -2.47. The number of carboxylic acids is 1. The molecular weight excluding hydrogens is 714 g/mol. The molecule has 1 saturated heterocycles. The fourth-order valence-corrected chi connectivity index (χ4v) is 10.8. The number of aromatic nitrogens is 1. The van der Waals surface area contributed by atoms with E-state index in [2.05, 4.69) is 41.2 Å². The number of halogens is 1. The SMILES string of the molecule is COC1CCCN(CC2COc3cc4c(cc3OC2)C2(CCC(Nc3cccc(Cl)c3)(C(=O)O)CC2)[C@@H](C[C@@H](C)COc2ccnc3c2[C@H](C)CCC3)C4)C1. The molecule has 3 aliphatic carbocycles. The van der Waals surface area contributed by atoms with Crippen LogP contribution < -0.4 is 19.5 Å². The Labute approximate surface area is 331 Å². The van der Waals surface area contributed by atoms with Crippen LogP contribution in [0.15, 0.2) is 48.7 Å². The van der Waals surface area contributed by atoms with Crippen molar-refractivity contribution in [1.82, 2.24) is 9.88 Å². The summed E-state index contributed by atoms with van der Waals surface area (Å²) in [5, 5.41) is 14.7. The third-order valence-electron chi connectivity index (χ3n) is 13.6. The van der Waals surface area contributed by atoms with Crippen molar-refractivity contribution in [3.63, 3.8) is 0 Å². The summed E-state index contributed by atoms with van der Waals surface area (Å²) in [4.78, 5) is 20.3. The monoisotopic (exact) mass is 771 g/mol. The molecule has 2 fully saturated rings. The van der Waals surface area contributed by atoms with Gasteiger partial charge in [-0.2, -0.15) is 0 Å². The van der Waals surface area contributed by atoms with Crippen molar-refractivity contribution in [1.29, 1.82) is 0 Å². The summed E-state index contributed by atoms with van der Waals surface area (Å²) in [6.07, 6.45) is 12.2. The Hall–Kier alpha value is -3.53. The van der Waals surface area contributed by atoms with Crippen LogP contribution >= 0.6 is 11.6 Å². The highest BCUT2D eigenvalue weighted by molar-refractivity contribution is 6.30. The number of hydrogen-bond acceptors (Lipinski definition) is 8. The minimum absolute atomic E-state index is 0.185. The number of anilines is 1. The molecule has 0 amide bonds. The number of piperidine rings is 1. The van der Waals surface area contributed by atoms with Gasteiger partial charge in [-0.15, -0.1) is 0 Å². The molecule has 3 aromatic rings. The standard InChI is InChI=1S/C45H58ClN3O6/c1-29(26-53-39-12-17-47-38-11-4-7-30(2)42(38)39)19-33-20-32-21-40-41(55-28-31(27-54-40)24-49-18-6-10-36(25-49)52-3)23-37(32)44(33)13-15-45(16-14-44,43(50)51)48-35-9-5-8-34(46)22-35/h5,8-9,12,17,21-23,29-31,33,36,48H,4,6-7,10-11,13-16,18-20,24-28H2,1-3H3,(H,50,51)/t29-,30-,31?,33+,36?,44?,45?/m1/s1. The smallest absolute Gasteiger partial charge is 0.329 e. The number of rotatable bonds is 11. The van der Waals surface area contributed by atoms with Gasteiger partial charge in [0.2, 0.25) is 0 Å². The Morgan fingerprint density at radius 1 is 1.09 bits per heavy atom. The number of hydrogen-bond donors (Lipinski definition) is 2. The van der Waals surface area contributed by atoms with Crippen molar-refractivity contribution >= 4 is 23.3 Å². The van der Waals surface area contributed by atoms with Crippen LogP contribution in [0.3, 0.4) is 0 Å². The highest BCUT2D eigenvalue weighted by atomic mass is 35.5. The first kappa shape index (κ1) is 38.3. The van der Waals surface area contributed by atoms with Gasteiger partial charge in [-0.1, -0.05) is 31.5 Å². The number of fused-ring (bicyclic) bond motifs is 4. The van der Waals surface area contributed by atoms with E-state index in [0.717, 1.165) is 87.5 Å². The van der Waals surface area contributed by atoms with Gasteiger partial charge in [0.25, 0.3) is 0 Å². The van der Waals surface area contributed by atoms with Crippen LogP contribution in [0.4, 0.5) is 5.69 Å². The zero-order valence-electron chi connectivity index (χ0n) is 32.8. The van der Waals surface area contributed by atoms with Gasteiger partial charge in [0.05, 0.1) is 25.9 Å². The fraction of sp³-hybridized carbons (Fsp3) is 0.600. The van der Waals surface area contributed by atoms with Crippen LogP contribution in [0.1, 0.15) is 99.9 Å². The van der Waals surface area contributed by atoms with E-state index in [1.165, 1.54) is 35.2 Å². The first-order valence-corrected chi connectivity index (χ1v) is 21.1. The van der Waals surface area contributed by atoms with Gasteiger partial charge >= 0.3 is 5.97 Å². The lowest BCUT2D eigenvalue weighted by atomic mass is 9.59. The maximum atomic E-state index is 13.1. The number of likely N-dealkylation sites (tertiary alicyclic amines) is 1. The van der Waals surface area contributed by atoms with E-state index in [0.29, 0.717) is 61.5 Å². The quantitative estimate of drug-likeness (QED) is 0.198. The number of carboxylic acid groups (broad SMARTS) is 1. The van der Waals surface area contributed by atoms with Gasteiger partial charge in [0.15, 0.2) is 11.5 Å². The molecule has 3 heterocycles. The van der Waals surface area contributed by atoms with E-state index in [9.17, 15) is 9.90 Å². The van der Waals surface area contributed by atoms with E-state index >= 15 is 0 Å². The molecule has 5 aliphatic rings. The molecule has 5 atom stereocenters. The first-order chi connectivity index (χ1) is 26.6. The van der Waals surface area contributed by atoms with Crippen molar-refractivity contribution in [3.8, 4) is 17.2 Å². The van der Waals surface area contributed by atoms with Crippen LogP contribution in [-0.4, -0.2) is 79.2 Å². The molecule has 9 nitrogen and oxygen atoms in total. The Bertz CT molecular complexity index is 1840. The Morgan fingerprint density at radius 3 is 2.65 bits per heavy atom. The number of ether oxygens (including phenoxy) is 4. The summed E-state index contributed by atoms with van der Waals surface area (Å²) in [5.41, 5.74) is 4.56. The molecule has 296 valence electrons. The second-order valence-corrected chi connectivity index (χ2v) is 17.8. The van der Waals surface area contributed by atoms with Gasteiger partial charge in [0, 0.05) is 54.3 Å². The predicted octanol–water partition coefficient (Wildman–Crippen LogP) is 8.70. The summed E-state index contributed by atoms with van der Waals surface area (Å²) in [7, 11) is 1.81. The molecule has 2 aliphatic heterocycles. The summed E-state index contributed by atoms with van der Waals surface area (Å²) in [6.45, 7) is 9.42. The molecule has 0 bridgehead atoms. The third-order valence-corrected chi connectivity index (χ3v) is 13.8. The molecule has 55 heavy (non-hydrogen) atoms. The van der Waals surface area contributed by atoms with Crippen LogP contribution in [0.5, 0.6) is 17.2 Å². The van der Waals surface area contributed by atoms with Crippen molar-refractivity contribution in [3.05, 3.63) is 76.1 Å². The highest BCUT2D eigenvalue weighted by Crippen LogP contribution is 2.58. The van der Waals surface area contributed by atoms with Gasteiger partial charge < -0.3 is 34.3 Å². The molecule has 8 rings (SSSR count). The molecule has 2 aromatic carbocycles. The Morgan fingerprint density at radius 2 is 1.89 bits per heavy atom. The first-order valence-electron chi connectivity index (χ1n) is 20.7. The molecule has 1 spiro atoms. The lowest BCUT2D eigenvalue weighted by Crippen LogP contribution is -2.53. The maximum Gasteiger partial charge on any atom is 0.329 e. The average molecular weight is 772 g/mol. The van der Waals surface area contributed by atoms with Crippen LogP contribution in [0, 0.1) is 17.8 Å². The lowest BCUT2D eigenvalue weighted by molar-refractivity contribution is -0.144. The zero-order chi connectivity index (χ0) is 38.2. The number of nitrogens with zero attached hydrogens (tertiary/aromatic N) is 2. The predicted molar refractivity (Wildman–Crippen MR) is 215 cm³/mol.